The summed E-state index contributed by atoms with van der Waals surface area (Å²) < 4.78 is 4.94. The van der Waals surface area contributed by atoms with Gasteiger partial charge in [0.1, 0.15) is 0 Å². The van der Waals surface area contributed by atoms with Crippen LogP contribution in [0, 0.1) is 0 Å². The Morgan fingerprint density at radius 1 is 1.30 bits per heavy atom. The van der Waals surface area contributed by atoms with E-state index < -0.39 is 18.2 Å². The van der Waals surface area contributed by atoms with E-state index in [0.717, 1.165) is 5.56 Å². The average Bonchev–Trinajstić information content (AvgIpc) is 2.46. The minimum atomic E-state index is -1.18. The van der Waals surface area contributed by atoms with Crippen LogP contribution in [-0.4, -0.2) is 41.1 Å². The first-order valence-electron chi connectivity index (χ1n) is 6.63. The topological polar surface area (TPSA) is 66.8 Å². The normalized spacial score (nSPS) is 13.4. The molecule has 0 aliphatic carbocycles. The van der Waals surface area contributed by atoms with Crippen molar-refractivity contribution >= 4 is 11.9 Å². The Labute approximate surface area is 119 Å². The molecule has 0 aliphatic rings. The van der Waals surface area contributed by atoms with Crippen molar-refractivity contribution in [2.75, 3.05) is 7.05 Å². The molecular weight excluding hydrogens is 258 g/mol. The van der Waals surface area contributed by atoms with Crippen molar-refractivity contribution < 1.29 is 19.4 Å². The standard InChI is InChI=1S/C15H21NO4/c1-4-13(17)15(19)20-11(2)14(18)16(3)10-12-8-6-5-7-9-12/h5-9,11,13,17H,4,10H2,1-3H3/t11-,13-/m1/s1. The van der Waals surface area contributed by atoms with E-state index in [2.05, 4.69) is 0 Å². The summed E-state index contributed by atoms with van der Waals surface area (Å²) in [7, 11) is 1.65. The van der Waals surface area contributed by atoms with E-state index in [0.29, 0.717) is 6.54 Å². The van der Waals surface area contributed by atoms with E-state index in [9.17, 15) is 14.7 Å². The second kappa shape index (κ2) is 7.65. The van der Waals surface area contributed by atoms with E-state index in [1.165, 1.54) is 11.8 Å². The van der Waals surface area contributed by atoms with E-state index in [-0.39, 0.29) is 12.3 Å². The van der Waals surface area contributed by atoms with Gasteiger partial charge in [0.15, 0.2) is 12.2 Å². The van der Waals surface area contributed by atoms with Gasteiger partial charge in [0.2, 0.25) is 0 Å². The third kappa shape index (κ3) is 4.66. The molecule has 0 saturated carbocycles. The molecule has 1 N–H and O–H groups in total. The molecule has 5 nitrogen and oxygen atoms in total. The summed E-state index contributed by atoms with van der Waals surface area (Å²) in [4.78, 5) is 25.0. The molecule has 0 fully saturated rings. The van der Waals surface area contributed by atoms with E-state index in [1.807, 2.05) is 30.3 Å². The van der Waals surface area contributed by atoms with Crippen LogP contribution in [0.15, 0.2) is 30.3 Å². The number of carbonyl (C=O) groups excluding carboxylic acids is 2. The van der Waals surface area contributed by atoms with Crippen molar-refractivity contribution in [2.24, 2.45) is 0 Å². The second-order valence-electron chi connectivity index (χ2n) is 4.68. The molecule has 1 aromatic rings. The monoisotopic (exact) mass is 279 g/mol. The van der Waals surface area contributed by atoms with Crippen LogP contribution >= 0.6 is 0 Å². The molecule has 1 rings (SSSR count). The number of aliphatic hydroxyl groups is 1. The zero-order valence-electron chi connectivity index (χ0n) is 12.1. The zero-order chi connectivity index (χ0) is 15.1. The predicted octanol–water partition coefficient (Wildman–Crippen LogP) is 1.35. The fourth-order valence-corrected chi connectivity index (χ4v) is 1.72. The zero-order valence-corrected chi connectivity index (χ0v) is 12.1. The highest BCUT2D eigenvalue weighted by atomic mass is 16.6. The molecule has 0 radical (unpaired) electrons. The van der Waals surface area contributed by atoms with Crippen LogP contribution in [0.3, 0.4) is 0 Å². The van der Waals surface area contributed by atoms with Crippen molar-refractivity contribution in [2.45, 2.75) is 39.0 Å². The lowest BCUT2D eigenvalue weighted by Gasteiger charge is -2.22. The Hall–Kier alpha value is -1.88. The lowest BCUT2D eigenvalue weighted by atomic mass is 10.2. The maximum absolute atomic E-state index is 12.1. The van der Waals surface area contributed by atoms with Gasteiger partial charge in [0.05, 0.1) is 0 Å². The lowest BCUT2D eigenvalue weighted by Crippen LogP contribution is -2.38. The summed E-state index contributed by atoms with van der Waals surface area (Å²) in [6.07, 6.45) is -1.82. The van der Waals surface area contributed by atoms with Gasteiger partial charge in [0.25, 0.3) is 5.91 Å². The SMILES string of the molecule is CC[C@@H](O)C(=O)O[C@H](C)C(=O)N(C)Cc1ccccc1. The van der Waals surface area contributed by atoms with Gasteiger partial charge < -0.3 is 14.7 Å². The highest BCUT2D eigenvalue weighted by Gasteiger charge is 2.24. The smallest absolute Gasteiger partial charge is 0.335 e. The molecule has 0 aromatic heterocycles. The van der Waals surface area contributed by atoms with Crippen molar-refractivity contribution in [3.05, 3.63) is 35.9 Å². The summed E-state index contributed by atoms with van der Waals surface area (Å²) in [5.74, 6) is -1.06. The molecule has 0 spiro atoms. The number of hydrogen-bond acceptors (Lipinski definition) is 4. The van der Waals surface area contributed by atoms with Crippen LogP contribution in [-0.2, 0) is 20.9 Å². The van der Waals surface area contributed by atoms with E-state index >= 15 is 0 Å². The lowest BCUT2D eigenvalue weighted by molar-refractivity contribution is -0.165. The van der Waals surface area contributed by atoms with Crippen LogP contribution in [0.4, 0.5) is 0 Å². The average molecular weight is 279 g/mol. The second-order valence-corrected chi connectivity index (χ2v) is 4.68. The van der Waals surface area contributed by atoms with Crippen LogP contribution in [0.25, 0.3) is 0 Å². The first-order valence-corrected chi connectivity index (χ1v) is 6.63. The van der Waals surface area contributed by atoms with Crippen molar-refractivity contribution in [3.8, 4) is 0 Å². The van der Waals surface area contributed by atoms with E-state index in [4.69, 9.17) is 4.74 Å². The molecule has 20 heavy (non-hydrogen) atoms. The number of ether oxygens (including phenoxy) is 1. The predicted molar refractivity (Wildman–Crippen MR) is 74.8 cm³/mol. The Morgan fingerprint density at radius 3 is 2.45 bits per heavy atom. The summed E-state index contributed by atoms with van der Waals surface area (Å²) in [6, 6.07) is 9.54. The van der Waals surface area contributed by atoms with Crippen molar-refractivity contribution in [1.82, 2.24) is 4.90 Å². The maximum Gasteiger partial charge on any atom is 0.335 e. The third-order valence-corrected chi connectivity index (χ3v) is 2.94. The molecule has 0 saturated heterocycles. The minimum absolute atomic E-state index is 0.263. The largest absolute Gasteiger partial charge is 0.451 e. The van der Waals surface area contributed by atoms with Crippen molar-refractivity contribution in [1.29, 1.82) is 0 Å². The number of esters is 1. The number of likely N-dealkylation sites (N-methyl/N-ethyl adjacent to an activating group) is 1. The molecular formula is C15H21NO4. The summed E-state index contributed by atoms with van der Waals surface area (Å²) in [5, 5.41) is 9.33. The fourth-order valence-electron chi connectivity index (χ4n) is 1.72. The Morgan fingerprint density at radius 2 is 1.90 bits per heavy atom. The minimum Gasteiger partial charge on any atom is -0.451 e. The van der Waals surface area contributed by atoms with Gasteiger partial charge in [0, 0.05) is 13.6 Å². The number of rotatable bonds is 6. The summed E-state index contributed by atoms with van der Waals surface area (Å²) >= 11 is 0. The first-order chi connectivity index (χ1) is 9.45. The molecule has 0 bridgehead atoms. The molecule has 0 aliphatic heterocycles. The number of aliphatic hydroxyl groups excluding tert-OH is 1. The van der Waals surface area contributed by atoms with Crippen LogP contribution < -0.4 is 0 Å². The number of carbonyl (C=O) groups is 2. The van der Waals surface area contributed by atoms with Crippen LogP contribution in [0.1, 0.15) is 25.8 Å². The van der Waals surface area contributed by atoms with Gasteiger partial charge >= 0.3 is 5.97 Å². The third-order valence-electron chi connectivity index (χ3n) is 2.94. The van der Waals surface area contributed by atoms with Crippen LogP contribution in [0.2, 0.25) is 0 Å². The van der Waals surface area contributed by atoms with Gasteiger partial charge in [-0.15, -0.1) is 0 Å². The molecule has 1 aromatic carbocycles. The maximum atomic E-state index is 12.1. The van der Waals surface area contributed by atoms with Crippen molar-refractivity contribution in [3.63, 3.8) is 0 Å². The Bertz CT molecular complexity index is 446. The summed E-state index contributed by atoms with van der Waals surface area (Å²) in [5.41, 5.74) is 0.996. The molecule has 1 amide bonds. The Balaban J connectivity index is 2.54. The molecule has 0 unspecified atom stereocenters. The van der Waals surface area contributed by atoms with Gasteiger partial charge in [-0.25, -0.2) is 4.79 Å². The highest BCUT2D eigenvalue weighted by molar-refractivity contribution is 5.84. The number of hydrogen-bond donors (Lipinski definition) is 1. The quantitative estimate of drug-likeness (QED) is 0.798. The first kappa shape index (κ1) is 16.2. The van der Waals surface area contributed by atoms with Gasteiger partial charge in [-0.1, -0.05) is 37.3 Å². The number of amides is 1. The molecule has 0 heterocycles. The molecule has 5 heteroatoms. The molecule has 110 valence electrons. The summed E-state index contributed by atoms with van der Waals surface area (Å²) in [6.45, 7) is 3.61. The van der Waals surface area contributed by atoms with E-state index in [1.54, 1.807) is 14.0 Å². The number of nitrogens with zero attached hydrogens (tertiary/aromatic N) is 1. The van der Waals surface area contributed by atoms with Gasteiger partial charge in [-0.3, -0.25) is 4.79 Å². The van der Waals surface area contributed by atoms with Gasteiger partial charge in [-0.05, 0) is 18.9 Å². The fraction of sp³-hybridized carbons (Fsp3) is 0.467. The number of benzene rings is 1. The van der Waals surface area contributed by atoms with Gasteiger partial charge in [-0.2, -0.15) is 0 Å². The van der Waals surface area contributed by atoms with Crippen LogP contribution in [0.5, 0.6) is 0 Å². The Kier molecular flexibility index (Phi) is 6.18. The highest BCUT2D eigenvalue weighted by Crippen LogP contribution is 2.07. The molecule has 2 atom stereocenters.